The maximum atomic E-state index is 14.3. The molecule has 4 rings (SSSR count). The quantitative estimate of drug-likeness (QED) is 0.349. The van der Waals surface area contributed by atoms with Crippen molar-refractivity contribution in [3.8, 4) is 0 Å². The summed E-state index contributed by atoms with van der Waals surface area (Å²) in [5.41, 5.74) is 9.73. The molecule has 1 heterocycles. The van der Waals surface area contributed by atoms with Gasteiger partial charge in [-0.2, -0.15) is 0 Å². The predicted octanol–water partition coefficient (Wildman–Crippen LogP) is 6.77. The normalized spacial score (nSPS) is 14.2. The summed E-state index contributed by atoms with van der Waals surface area (Å²) in [6, 6.07) is 14.3. The average molecular weight is 543 g/mol. The molecule has 37 heavy (non-hydrogen) atoms. The number of carbonyl (C=O) groups excluding carboxylic acids is 2. The summed E-state index contributed by atoms with van der Waals surface area (Å²) in [6.45, 7) is 6.91. The van der Waals surface area contributed by atoms with Crippen LogP contribution in [-0.2, 0) is 28.0 Å². The van der Waals surface area contributed by atoms with Crippen molar-refractivity contribution in [2.24, 2.45) is 5.73 Å². The van der Waals surface area contributed by atoms with Crippen molar-refractivity contribution in [3.63, 3.8) is 0 Å². The van der Waals surface area contributed by atoms with E-state index in [1.807, 2.05) is 24.3 Å². The van der Waals surface area contributed by atoms with E-state index < -0.39 is 23.7 Å². The summed E-state index contributed by atoms with van der Waals surface area (Å²) in [6.07, 6.45) is 1.35. The molecule has 0 spiro atoms. The summed E-state index contributed by atoms with van der Waals surface area (Å²) < 4.78 is 20.0. The Morgan fingerprint density at radius 2 is 1.78 bits per heavy atom. The second-order valence-electron chi connectivity index (χ2n) is 10.3. The minimum absolute atomic E-state index is 0.0164. The summed E-state index contributed by atoms with van der Waals surface area (Å²) in [4.78, 5) is 27.7. The number of hydrogen-bond acceptors (Lipinski definition) is 4. The smallest absolute Gasteiger partial charge is 0.340 e. The molecule has 0 aromatic heterocycles. The number of esters is 1. The Hall–Kier alpha value is -3.09. The first-order valence-corrected chi connectivity index (χ1v) is 12.8. The van der Waals surface area contributed by atoms with Crippen molar-refractivity contribution in [1.29, 1.82) is 0 Å². The second kappa shape index (κ2) is 10.7. The van der Waals surface area contributed by atoms with Crippen LogP contribution in [0.15, 0.2) is 54.6 Å². The standard InChI is InChI=1S/C29H29Cl2FN2O3/c1-29(2,3)20-9-6-17(7-10-20)16-37-28(36)22-15-21(30)13-18-5-4-12-34(25(18)22)26(27(33)35)19-8-11-23(31)24(32)14-19/h6-11,13-15,26H,4-5,12,16H2,1-3H3,(H2,33,35). The number of amides is 1. The zero-order valence-corrected chi connectivity index (χ0v) is 22.5. The Bertz CT molecular complexity index is 1340. The molecule has 1 aliphatic rings. The molecular weight excluding hydrogens is 514 g/mol. The third-order valence-electron chi connectivity index (χ3n) is 6.54. The lowest BCUT2D eigenvalue weighted by Gasteiger charge is -2.38. The number of nitrogens with zero attached hydrogens (tertiary/aromatic N) is 1. The van der Waals surface area contributed by atoms with Gasteiger partial charge in [0.05, 0.1) is 16.3 Å². The molecule has 0 saturated heterocycles. The Morgan fingerprint density at radius 3 is 2.41 bits per heavy atom. The number of halogens is 3. The summed E-state index contributed by atoms with van der Waals surface area (Å²) in [5, 5.41) is 0.327. The van der Waals surface area contributed by atoms with Gasteiger partial charge in [0, 0.05) is 11.6 Å². The zero-order valence-electron chi connectivity index (χ0n) is 21.0. The van der Waals surface area contributed by atoms with Gasteiger partial charge in [-0.3, -0.25) is 4.79 Å². The van der Waals surface area contributed by atoms with Crippen LogP contribution in [0.25, 0.3) is 0 Å². The van der Waals surface area contributed by atoms with Gasteiger partial charge in [0.15, 0.2) is 0 Å². The molecule has 1 aliphatic heterocycles. The first-order chi connectivity index (χ1) is 17.5. The molecule has 194 valence electrons. The monoisotopic (exact) mass is 542 g/mol. The topological polar surface area (TPSA) is 72.6 Å². The molecule has 1 amide bonds. The highest BCUT2D eigenvalue weighted by Crippen LogP contribution is 2.39. The fraction of sp³-hybridized carbons (Fsp3) is 0.310. The number of nitrogens with two attached hydrogens (primary N) is 1. The molecule has 2 N–H and O–H groups in total. The van der Waals surface area contributed by atoms with E-state index in [-0.39, 0.29) is 22.6 Å². The van der Waals surface area contributed by atoms with Crippen molar-refractivity contribution in [1.82, 2.24) is 0 Å². The van der Waals surface area contributed by atoms with E-state index in [1.165, 1.54) is 23.8 Å². The summed E-state index contributed by atoms with van der Waals surface area (Å²) in [5.74, 6) is -1.91. The molecule has 1 atom stereocenters. The van der Waals surface area contributed by atoms with Crippen LogP contribution in [0.1, 0.15) is 65.8 Å². The van der Waals surface area contributed by atoms with Gasteiger partial charge in [-0.05, 0) is 64.8 Å². The number of fused-ring (bicyclic) bond motifs is 1. The zero-order chi connectivity index (χ0) is 26.9. The van der Waals surface area contributed by atoms with Crippen molar-refractivity contribution in [3.05, 3.63) is 98.3 Å². The maximum Gasteiger partial charge on any atom is 0.340 e. The number of anilines is 1. The highest BCUT2D eigenvalue weighted by atomic mass is 35.5. The largest absolute Gasteiger partial charge is 0.457 e. The van der Waals surface area contributed by atoms with Crippen LogP contribution in [-0.4, -0.2) is 18.4 Å². The van der Waals surface area contributed by atoms with Crippen LogP contribution in [0.5, 0.6) is 0 Å². The number of hydrogen-bond donors (Lipinski definition) is 1. The number of rotatable bonds is 6. The maximum absolute atomic E-state index is 14.3. The minimum Gasteiger partial charge on any atom is -0.457 e. The summed E-state index contributed by atoms with van der Waals surface area (Å²) >= 11 is 12.2. The number of primary amides is 1. The lowest BCUT2D eigenvalue weighted by molar-refractivity contribution is -0.119. The number of aryl methyl sites for hydroxylation is 1. The highest BCUT2D eigenvalue weighted by Gasteiger charge is 2.34. The van der Waals surface area contributed by atoms with E-state index in [0.717, 1.165) is 11.1 Å². The van der Waals surface area contributed by atoms with Crippen molar-refractivity contribution >= 4 is 40.8 Å². The first-order valence-electron chi connectivity index (χ1n) is 12.1. The highest BCUT2D eigenvalue weighted by molar-refractivity contribution is 6.31. The molecule has 3 aromatic carbocycles. The van der Waals surface area contributed by atoms with Gasteiger partial charge in [0.25, 0.3) is 0 Å². The van der Waals surface area contributed by atoms with Gasteiger partial charge in [-0.25, -0.2) is 9.18 Å². The van der Waals surface area contributed by atoms with E-state index in [4.69, 9.17) is 33.7 Å². The van der Waals surface area contributed by atoms with Crippen LogP contribution < -0.4 is 10.6 Å². The van der Waals surface area contributed by atoms with E-state index in [0.29, 0.717) is 35.7 Å². The SMILES string of the molecule is CC(C)(C)c1ccc(COC(=O)c2cc(Cl)cc3c2N(C(C(N)=O)c2ccc(Cl)c(F)c2)CCC3)cc1. The Morgan fingerprint density at radius 1 is 1.08 bits per heavy atom. The van der Waals surface area contributed by atoms with Gasteiger partial charge in [-0.1, -0.05) is 74.3 Å². The third-order valence-corrected chi connectivity index (χ3v) is 7.06. The number of benzene rings is 3. The lowest BCUT2D eigenvalue weighted by Crippen LogP contribution is -2.41. The molecular formula is C29H29Cl2FN2O3. The van der Waals surface area contributed by atoms with Crippen LogP contribution in [0.3, 0.4) is 0 Å². The number of ether oxygens (including phenoxy) is 1. The Balaban J connectivity index is 1.67. The van der Waals surface area contributed by atoms with Gasteiger partial charge < -0.3 is 15.4 Å². The lowest BCUT2D eigenvalue weighted by atomic mass is 9.87. The Kier molecular flexibility index (Phi) is 7.81. The van der Waals surface area contributed by atoms with E-state index >= 15 is 0 Å². The van der Waals surface area contributed by atoms with Crippen LogP contribution in [0.4, 0.5) is 10.1 Å². The van der Waals surface area contributed by atoms with Gasteiger partial charge in [0.2, 0.25) is 5.91 Å². The fourth-order valence-electron chi connectivity index (χ4n) is 4.66. The molecule has 3 aromatic rings. The second-order valence-corrected chi connectivity index (χ2v) is 11.1. The van der Waals surface area contributed by atoms with E-state index in [9.17, 15) is 14.0 Å². The molecule has 0 aliphatic carbocycles. The van der Waals surface area contributed by atoms with E-state index in [2.05, 4.69) is 20.8 Å². The molecule has 0 saturated carbocycles. The third kappa shape index (κ3) is 5.91. The first kappa shape index (κ1) is 27.0. The molecule has 0 fully saturated rings. The average Bonchev–Trinajstić information content (AvgIpc) is 2.83. The molecule has 0 radical (unpaired) electrons. The van der Waals surface area contributed by atoms with Gasteiger partial charge in [0.1, 0.15) is 18.5 Å². The fourth-order valence-corrected chi connectivity index (χ4v) is 5.02. The van der Waals surface area contributed by atoms with Crippen molar-refractivity contribution in [2.75, 3.05) is 11.4 Å². The number of carbonyl (C=O) groups is 2. The molecule has 1 unspecified atom stereocenters. The predicted molar refractivity (Wildman–Crippen MR) is 145 cm³/mol. The van der Waals surface area contributed by atoms with Gasteiger partial charge in [-0.15, -0.1) is 0 Å². The molecule has 5 nitrogen and oxygen atoms in total. The minimum atomic E-state index is -1.01. The van der Waals surface area contributed by atoms with E-state index in [1.54, 1.807) is 17.0 Å². The Labute approximate surface area is 226 Å². The van der Waals surface area contributed by atoms with Crippen LogP contribution in [0, 0.1) is 5.82 Å². The van der Waals surface area contributed by atoms with Crippen molar-refractivity contribution < 1.29 is 18.7 Å². The van der Waals surface area contributed by atoms with Gasteiger partial charge >= 0.3 is 5.97 Å². The van der Waals surface area contributed by atoms with Crippen LogP contribution >= 0.6 is 23.2 Å². The summed E-state index contributed by atoms with van der Waals surface area (Å²) in [7, 11) is 0. The van der Waals surface area contributed by atoms with Crippen LogP contribution in [0.2, 0.25) is 10.0 Å². The molecule has 8 heteroatoms. The van der Waals surface area contributed by atoms with Crippen molar-refractivity contribution in [2.45, 2.75) is 51.7 Å². The molecule has 0 bridgehead atoms.